The average molecular weight is 310 g/mol. The van der Waals surface area contributed by atoms with E-state index in [4.69, 9.17) is 11.6 Å². The number of benzene rings is 2. The van der Waals surface area contributed by atoms with Crippen molar-refractivity contribution in [3.8, 4) is 0 Å². The number of anilines is 2. The zero-order valence-electron chi connectivity index (χ0n) is 11.8. The van der Waals surface area contributed by atoms with Gasteiger partial charge in [-0.25, -0.2) is 4.98 Å². The number of rotatable bonds is 2. The van der Waals surface area contributed by atoms with Crippen LogP contribution in [0.2, 0.25) is 5.02 Å². The zero-order chi connectivity index (χ0) is 15.1. The second-order valence-electron chi connectivity index (χ2n) is 5.11. The zero-order valence-corrected chi connectivity index (χ0v) is 12.5. The van der Waals surface area contributed by atoms with Crippen LogP contribution in [0.1, 0.15) is 5.56 Å². The summed E-state index contributed by atoms with van der Waals surface area (Å²) >= 11 is 6.03. The van der Waals surface area contributed by atoms with Crippen LogP contribution in [-0.2, 0) is 0 Å². The van der Waals surface area contributed by atoms with Crippen molar-refractivity contribution in [2.45, 2.75) is 6.92 Å². The first-order valence-electron chi connectivity index (χ1n) is 6.83. The molecule has 22 heavy (non-hydrogen) atoms. The third-order valence-corrected chi connectivity index (χ3v) is 3.70. The predicted octanol–water partition coefficient (Wildman–Crippen LogP) is 3.98. The van der Waals surface area contributed by atoms with E-state index in [2.05, 4.69) is 26.6 Å². The number of halogens is 1. The van der Waals surface area contributed by atoms with E-state index in [1.165, 1.54) is 5.56 Å². The van der Waals surface area contributed by atoms with Crippen molar-refractivity contribution < 1.29 is 0 Å². The number of hydrogen-bond donors (Lipinski definition) is 1. The van der Waals surface area contributed by atoms with Crippen molar-refractivity contribution in [2.75, 3.05) is 5.32 Å². The number of nitrogens with zero attached hydrogens (tertiary/aromatic N) is 4. The smallest absolute Gasteiger partial charge is 0.204 e. The van der Waals surface area contributed by atoms with Crippen LogP contribution in [0.3, 0.4) is 0 Å². The lowest BCUT2D eigenvalue weighted by molar-refractivity contribution is 1.11. The van der Waals surface area contributed by atoms with Crippen molar-refractivity contribution in [1.82, 2.24) is 19.6 Å². The second kappa shape index (κ2) is 4.96. The Morgan fingerprint density at radius 3 is 2.91 bits per heavy atom. The molecule has 6 heteroatoms. The molecule has 108 valence electrons. The van der Waals surface area contributed by atoms with Crippen LogP contribution in [0.5, 0.6) is 0 Å². The molecule has 0 aliphatic heterocycles. The van der Waals surface area contributed by atoms with E-state index in [1.807, 2.05) is 47.7 Å². The summed E-state index contributed by atoms with van der Waals surface area (Å²) in [5, 5.41) is 12.1. The fourth-order valence-electron chi connectivity index (χ4n) is 2.45. The highest BCUT2D eigenvalue weighted by Crippen LogP contribution is 2.25. The Kier molecular flexibility index (Phi) is 2.94. The predicted molar refractivity (Wildman–Crippen MR) is 87.8 cm³/mol. The van der Waals surface area contributed by atoms with E-state index in [9.17, 15) is 0 Å². The van der Waals surface area contributed by atoms with Crippen LogP contribution in [0.25, 0.3) is 16.7 Å². The Morgan fingerprint density at radius 1 is 1.14 bits per heavy atom. The van der Waals surface area contributed by atoms with Gasteiger partial charge < -0.3 is 5.32 Å². The minimum atomic E-state index is 0.649. The van der Waals surface area contributed by atoms with Crippen molar-refractivity contribution in [3.05, 3.63) is 59.4 Å². The molecule has 4 aromatic rings. The van der Waals surface area contributed by atoms with Gasteiger partial charge in [-0.15, -0.1) is 10.2 Å². The van der Waals surface area contributed by atoms with Gasteiger partial charge in [0.2, 0.25) is 5.65 Å². The lowest BCUT2D eigenvalue weighted by Gasteiger charge is -2.09. The maximum absolute atomic E-state index is 6.03. The van der Waals surface area contributed by atoms with Crippen molar-refractivity contribution >= 4 is 39.8 Å². The molecule has 0 radical (unpaired) electrons. The van der Waals surface area contributed by atoms with Crippen LogP contribution in [0, 0.1) is 6.92 Å². The summed E-state index contributed by atoms with van der Waals surface area (Å²) in [4.78, 5) is 4.66. The fraction of sp³-hybridized carbons (Fsp3) is 0.0625. The molecule has 0 amide bonds. The van der Waals surface area contributed by atoms with E-state index in [-0.39, 0.29) is 0 Å². The molecule has 0 bridgehead atoms. The summed E-state index contributed by atoms with van der Waals surface area (Å²) in [6.45, 7) is 2.05. The molecule has 0 atom stereocenters. The van der Waals surface area contributed by atoms with Crippen LogP contribution in [0.4, 0.5) is 11.5 Å². The van der Waals surface area contributed by atoms with E-state index in [0.29, 0.717) is 16.5 Å². The van der Waals surface area contributed by atoms with Crippen LogP contribution in [0.15, 0.2) is 48.8 Å². The van der Waals surface area contributed by atoms with E-state index < -0.39 is 0 Å². The molecule has 1 N–H and O–H groups in total. The topological polar surface area (TPSA) is 55.1 Å². The fourth-order valence-corrected chi connectivity index (χ4v) is 2.64. The highest BCUT2D eigenvalue weighted by atomic mass is 35.5. The van der Waals surface area contributed by atoms with E-state index in [0.717, 1.165) is 16.7 Å². The molecule has 5 nitrogen and oxygen atoms in total. The molecular weight excluding hydrogens is 298 g/mol. The lowest BCUT2D eigenvalue weighted by atomic mass is 10.2. The Balaban J connectivity index is 1.92. The summed E-state index contributed by atoms with van der Waals surface area (Å²) in [5.41, 5.74) is 4.56. The second-order valence-corrected chi connectivity index (χ2v) is 5.55. The minimum Gasteiger partial charge on any atom is -0.337 e. The molecule has 0 spiro atoms. The molecule has 0 aliphatic rings. The van der Waals surface area contributed by atoms with Gasteiger partial charge in [0.25, 0.3) is 0 Å². The maximum Gasteiger partial charge on any atom is 0.204 e. The highest BCUT2D eigenvalue weighted by Gasteiger charge is 2.10. The summed E-state index contributed by atoms with van der Waals surface area (Å²) in [5.74, 6) is 0.649. The van der Waals surface area contributed by atoms with Crippen molar-refractivity contribution in [2.24, 2.45) is 0 Å². The summed E-state index contributed by atoms with van der Waals surface area (Å²) in [6.07, 6.45) is 1.70. The SMILES string of the molecule is Cc1ccc2nc(Nc3cccc(Cl)c3)c3nncn3c2c1. The van der Waals surface area contributed by atoms with Gasteiger partial charge in [-0.3, -0.25) is 4.40 Å². The lowest BCUT2D eigenvalue weighted by Crippen LogP contribution is -2.00. The third-order valence-electron chi connectivity index (χ3n) is 3.47. The van der Waals surface area contributed by atoms with Crippen molar-refractivity contribution in [1.29, 1.82) is 0 Å². The van der Waals surface area contributed by atoms with Crippen LogP contribution < -0.4 is 5.32 Å². The Hall–Kier alpha value is -2.66. The quantitative estimate of drug-likeness (QED) is 0.608. The minimum absolute atomic E-state index is 0.649. The Bertz CT molecular complexity index is 992. The first-order valence-corrected chi connectivity index (χ1v) is 7.21. The highest BCUT2D eigenvalue weighted by molar-refractivity contribution is 6.30. The summed E-state index contributed by atoms with van der Waals surface area (Å²) in [6, 6.07) is 13.6. The van der Waals surface area contributed by atoms with Gasteiger partial charge in [0.05, 0.1) is 11.0 Å². The number of aromatic nitrogens is 4. The Labute approximate surface area is 131 Å². The van der Waals surface area contributed by atoms with Gasteiger partial charge in [-0.1, -0.05) is 23.7 Å². The molecule has 0 saturated carbocycles. The molecule has 0 aliphatic carbocycles. The van der Waals surface area contributed by atoms with Gasteiger partial charge in [-0.05, 0) is 42.8 Å². The number of fused-ring (bicyclic) bond motifs is 3. The molecule has 4 rings (SSSR count). The molecule has 2 heterocycles. The van der Waals surface area contributed by atoms with Gasteiger partial charge >= 0.3 is 0 Å². The average Bonchev–Trinajstić information content (AvgIpc) is 2.98. The molecule has 2 aromatic carbocycles. The van der Waals surface area contributed by atoms with E-state index in [1.54, 1.807) is 6.33 Å². The van der Waals surface area contributed by atoms with Crippen LogP contribution >= 0.6 is 11.6 Å². The number of nitrogens with one attached hydrogen (secondary N) is 1. The van der Waals surface area contributed by atoms with Gasteiger partial charge in [0.15, 0.2) is 5.82 Å². The maximum atomic E-state index is 6.03. The van der Waals surface area contributed by atoms with Gasteiger partial charge in [0, 0.05) is 10.7 Å². The normalized spacial score (nSPS) is 11.2. The first kappa shape index (κ1) is 13.0. The molecule has 0 fully saturated rings. The van der Waals surface area contributed by atoms with Crippen LogP contribution in [-0.4, -0.2) is 19.6 Å². The standard InChI is InChI=1S/C16H12ClN5/c1-10-5-6-13-14(7-10)22-9-18-21-16(22)15(20-13)19-12-4-2-3-11(17)8-12/h2-9H,1H3,(H,19,20). The van der Waals surface area contributed by atoms with E-state index >= 15 is 0 Å². The molecule has 0 saturated heterocycles. The molecular formula is C16H12ClN5. The molecule has 2 aromatic heterocycles. The summed E-state index contributed by atoms with van der Waals surface area (Å²) < 4.78 is 1.93. The van der Waals surface area contributed by atoms with Gasteiger partial charge in [-0.2, -0.15) is 0 Å². The monoisotopic (exact) mass is 309 g/mol. The number of hydrogen-bond acceptors (Lipinski definition) is 4. The molecule has 0 unspecified atom stereocenters. The van der Waals surface area contributed by atoms with Gasteiger partial charge in [0.1, 0.15) is 6.33 Å². The largest absolute Gasteiger partial charge is 0.337 e. The van der Waals surface area contributed by atoms with Crippen molar-refractivity contribution in [3.63, 3.8) is 0 Å². The first-order chi connectivity index (χ1) is 10.7. The Morgan fingerprint density at radius 2 is 2.05 bits per heavy atom. The summed E-state index contributed by atoms with van der Waals surface area (Å²) in [7, 11) is 0. The third kappa shape index (κ3) is 2.16. The number of aryl methyl sites for hydroxylation is 1.